The average molecular weight is 315 g/mol. The van der Waals surface area contributed by atoms with Gasteiger partial charge in [0, 0.05) is 20.6 Å². The van der Waals surface area contributed by atoms with Gasteiger partial charge in [0.25, 0.3) is 10.0 Å². The third-order valence-electron chi connectivity index (χ3n) is 2.87. The van der Waals surface area contributed by atoms with Crippen molar-refractivity contribution in [3.8, 4) is 0 Å². The van der Waals surface area contributed by atoms with Crippen LogP contribution in [0.15, 0.2) is 17.3 Å². The maximum atomic E-state index is 12.1. The first-order valence-corrected chi connectivity index (χ1v) is 8.03. The molecule has 1 N–H and O–H groups in total. The Kier molecular flexibility index (Phi) is 6.10. The van der Waals surface area contributed by atoms with E-state index in [-0.39, 0.29) is 10.6 Å². The number of pyridine rings is 1. The number of esters is 1. The number of hydrogen-bond acceptors (Lipinski definition) is 6. The van der Waals surface area contributed by atoms with Gasteiger partial charge in [-0.15, -0.1) is 0 Å². The van der Waals surface area contributed by atoms with E-state index in [4.69, 9.17) is 4.74 Å². The van der Waals surface area contributed by atoms with Crippen LogP contribution in [0.4, 0.5) is 5.69 Å². The second-order valence-electron chi connectivity index (χ2n) is 4.63. The molecule has 1 aromatic rings. The largest absolute Gasteiger partial charge is 0.465 e. The molecule has 0 unspecified atom stereocenters. The monoisotopic (exact) mass is 315 g/mol. The number of rotatable bonds is 7. The van der Waals surface area contributed by atoms with E-state index in [0.29, 0.717) is 12.2 Å². The molecule has 8 heteroatoms. The van der Waals surface area contributed by atoms with Crippen LogP contribution in [0.5, 0.6) is 0 Å². The predicted octanol–water partition coefficient (Wildman–Crippen LogP) is 1.33. The van der Waals surface area contributed by atoms with Crippen molar-refractivity contribution in [3.05, 3.63) is 17.8 Å². The zero-order valence-corrected chi connectivity index (χ0v) is 13.5. The van der Waals surface area contributed by atoms with Crippen LogP contribution in [0.1, 0.15) is 30.1 Å². The van der Waals surface area contributed by atoms with Gasteiger partial charge in [-0.1, -0.05) is 13.3 Å². The van der Waals surface area contributed by atoms with Gasteiger partial charge in [-0.3, -0.25) is 0 Å². The molecule has 0 aliphatic heterocycles. The van der Waals surface area contributed by atoms with Gasteiger partial charge in [0.15, 0.2) is 5.03 Å². The summed E-state index contributed by atoms with van der Waals surface area (Å²) in [6.07, 6.45) is 3.28. The van der Waals surface area contributed by atoms with E-state index in [9.17, 15) is 13.2 Å². The fraction of sp³-hybridized carbons (Fsp3) is 0.538. The van der Waals surface area contributed by atoms with E-state index in [1.807, 2.05) is 6.92 Å². The van der Waals surface area contributed by atoms with Gasteiger partial charge in [0.1, 0.15) is 0 Å². The minimum atomic E-state index is -3.70. The highest BCUT2D eigenvalue weighted by molar-refractivity contribution is 7.89. The highest BCUT2D eigenvalue weighted by atomic mass is 32.2. The Labute approximate surface area is 125 Å². The van der Waals surface area contributed by atoms with Crippen molar-refractivity contribution >= 4 is 21.7 Å². The Hall–Kier alpha value is -1.67. The average Bonchev–Trinajstić information content (AvgIpc) is 2.46. The Balaban J connectivity index is 3.22. The molecule has 0 saturated heterocycles. The van der Waals surface area contributed by atoms with E-state index in [2.05, 4.69) is 10.3 Å². The number of unbranched alkanes of at least 4 members (excludes halogenated alkanes) is 1. The molecule has 0 fully saturated rings. The van der Waals surface area contributed by atoms with Gasteiger partial charge in [0.2, 0.25) is 0 Å². The van der Waals surface area contributed by atoms with Crippen molar-refractivity contribution in [1.29, 1.82) is 0 Å². The third kappa shape index (κ3) is 4.15. The molecule has 0 aromatic carbocycles. The zero-order valence-electron chi connectivity index (χ0n) is 12.7. The normalized spacial score (nSPS) is 11.5. The van der Waals surface area contributed by atoms with Gasteiger partial charge in [-0.05, 0) is 12.5 Å². The minimum absolute atomic E-state index is 0.157. The lowest BCUT2D eigenvalue weighted by atomic mass is 10.2. The fourth-order valence-electron chi connectivity index (χ4n) is 1.58. The predicted molar refractivity (Wildman–Crippen MR) is 79.8 cm³/mol. The van der Waals surface area contributed by atoms with Crippen LogP contribution in [0.3, 0.4) is 0 Å². The topological polar surface area (TPSA) is 88.6 Å². The fourth-order valence-corrected chi connectivity index (χ4v) is 2.41. The van der Waals surface area contributed by atoms with E-state index >= 15 is 0 Å². The highest BCUT2D eigenvalue weighted by Crippen LogP contribution is 2.20. The summed E-state index contributed by atoms with van der Waals surface area (Å²) < 4.78 is 29.9. The number of anilines is 1. The molecule has 1 aromatic heterocycles. The number of aromatic nitrogens is 1. The second kappa shape index (κ2) is 7.37. The number of carbonyl (C=O) groups excluding carboxylic acids is 1. The van der Waals surface area contributed by atoms with Crippen LogP contribution in [-0.2, 0) is 14.8 Å². The SMILES string of the molecule is CCCCNc1cnc(S(=O)(=O)N(C)C)cc1C(=O)OC. The molecule has 0 spiro atoms. The first-order valence-electron chi connectivity index (χ1n) is 6.59. The number of nitrogens with zero attached hydrogens (tertiary/aromatic N) is 2. The van der Waals surface area contributed by atoms with Crippen molar-refractivity contribution in [2.45, 2.75) is 24.8 Å². The summed E-state index contributed by atoms with van der Waals surface area (Å²) in [7, 11) is 0.362. The Morgan fingerprint density at radius 1 is 1.43 bits per heavy atom. The van der Waals surface area contributed by atoms with Crippen molar-refractivity contribution < 1.29 is 17.9 Å². The number of nitrogens with one attached hydrogen (secondary N) is 1. The summed E-state index contributed by atoms with van der Waals surface area (Å²) >= 11 is 0. The summed E-state index contributed by atoms with van der Waals surface area (Å²) in [6, 6.07) is 1.23. The standard InChI is InChI=1S/C13H21N3O4S/c1-5-6-7-14-11-9-15-12(21(18,19)16(2)3)8-10(11)13(17)20-4/h8-9,14H,5-7H2,1-4H3. The summed E-state index contributed by atoms with van der Waals surface area (Å²) in [4.78, 5) is 15.7. The van der Waals surface area contributed by atoms with E-state index < -0.39 is 16.0 Å². The maximum absolute atomic E-state index is 12.1. The van der Waals surface area contributed by atoms with Crippen molar-refractivity contribution in [3.63, 3.8) is 0 Å². The molecule has 0 aliphatic rings. The highest BCUT2D eigenvalue weighted by Gasteiger charge is 2.23. The number of hydrogen-bond donors (Lipinski definition) is 1. The van der Waals surface area contributed by atoms with Crippen LogP contribution in [0.25, 0.3) is 0 Å². The Bertz CT molecular complexity index is 599. The van der Waals surface area contributed by atoms with Crippen LogP contribution in [0, 0.1) is 0 Å². The van der Waals surface area contributed by atoms with E-state index in [1.165, 1.54) is 33.5 Å². The lowest BCUT2D eigenvalue weighted by molar-refractivity contribution is 0.0601. The lowest BCUT2D eigenvalue weighted by Gasteiger charge is -2.14. The Morgan fingerprint density at radius 3 is 2.62 bits per heavy atom. The van der Waals surface area contributed by atoms with Crippen LogP contribution >= 0.6 is 0 Å². The number of methoxy groups -OCH3 is 1. The molecular weight excluding hydrogens is 294 g/mol. The van der Waals surface area contributed by atoms with Gasteiger partial charge in [0.05, 0.1) is 24.6 Å². The molecular formula is C13H21N3O4S. The van der Waals surface area contributed by atoms with E-state index in [0.717, 1.165) is 17.1 Å². The van der Waals surface area contributed by atoms with E-state index in [1.54, 1.807) is 0 Å². The summed E-state index contributed by atoms with van der Waals surface area (Å²) in [5.41, 5.74) is 0.622. The molecule has 21 heavy (non-hydrogen) atoms. The quantitative estimate of drug-likeness (QED) is 0.603. The van der Waals surface area contributed by atoms with Crippen LogP contribution in [-0.4, -0.2) is 51.4 Å². The summed E-state index contributed by atoms with van der Waals surface area (Å²) in [6.45, 7) is 2.72. The molecule has 0 aliphatic carbocycles. The van der Waals surface area contributed by atoms with Gasteiger partial charge < -0.3 is 10.1 Å². The number of carbonyl (C=O) groups is 1. The maximum Gasteiger partial charge on any atom is 0.340 e. The molecule has 1 heterocycles. The lowest BCUT2D eigenvalue weighted by Crippen LogP contribution is -2.24. The minimum Gasteiger partial charge on any atom is -0.465 e. The molecule has 1 rings (SSSR count). The smallest absolute Gasteiger partial charge is 0.340 e. The van der Waals surface area contributed by atoms with Gasteiger partial charge >= 0.3 is 5.97 Å². The first kappa shape index (κ1) is 17.4. The van der Waals surface area contributed by atoms with Crippen molar-refractivity contribution in [2.24, 2.45) is 0 Å². The molecule has 0 bridgehead atoms. The Morgan fingerprint density at radius 2 is 2.10 bits per heavy atom. The molecule has 7 nitrogen and oxygen atoms in total. The van der Waals surface area contributed by atoms with Crippen molar-refractivity contribution in [1.82, 2.24) is 9.29 Å². The first-order chi connectivity index (χ1) is 9.84. The van der Waals surface area contributed by atoms with Gasteiger partial charge in [-0.2, -0.15) is 0 Å². The number of ether oxygens (including phenoxy) is 1. The molecule has 0 amide bonds. The number of sulfonamides is 1. The molecule has 118 valence electrons. The van der Waals surface area contributed by atoms with Crippen LogP contribution < -0.4 is 5.32 Å². The molecule has 0 saturated carbocycles. The summed E-state index contributed by atoms with van der Waals surface area (Å²) in [5.74, 6) is -0.605. The van der Waals surface area contributed by atoms with Crippen molar-refractivity contribution in [2.75, 3.05) is 33.1 Å². The van der Waals surface area contributed by atoms with Crippen LogP contribution in [0.2, 0.25) is 0 Å². The zero-order chi connectivity index (χ0) is 16.0. The molecule has 0 radical (unpaired) electrons. The molecule has 0 atom stereocenters. The third-order valence-corrected chi connectivity index (χ3v) is 4.59. The second-order valence-corrected chi connectivity index (χ2v) is 6.73. The van der Waals surface area contributed by atoms with Gasteiger partial charge in [-0.25, -0.2) is 22.5 Å². The summed E-state index contributed by atoms with van der Waals surface area (Å²) in [5, 5.41) is 2.88.